The fourth-order valence-corrected chi connectivity index (χ4v) is 3.40. The highest BCUT2D eigenvalue weighted by Gasteiger charge is 2.29. The zero-order valence-corrected chi connectivity index (χ0v) is 23.0. The van der Waals surface area contributed by atoms with Gasteiger partial charge in [-0.1, -0.05) is 0 Å². The number of ether oxygens (including phenoxy) is 5. The van der Waals surface area contributed by atoms with Crippen molar-refractivity contribution in [3.05, 3.63) is 53.8 Å². The molecule has 0 heterocycles. The standard InChI is InChI=1S/C28H35N3O8/c1-7-35-20-16-21(24(36-8-2)22(17-20)38-15-14-32)23(26(33)37-9-3)30-19-12-10-18(11-13-19)25(29)31-27(34)39-28(4,5)6/h10-13,15-17,23,30H,7-9H2,1-6H3,(H2,29,31,34). The van der Waals surface area contributed by atoms with Crippen LogP contribution < -0.4 is 24.8 Å². The molecule has 0 bridgehead atoms. The Balaban J connectivity index is 2.44. The van der Waals surface area contributed by atoms with Crippen LogP contribution in [-0.4, -0.2) is 49.3 Å². The molecule has 0 saturated carbocycles. The van der Waals surface area contributed by atoms with E-state index in [2.05, 4.69) is 10.6 Å². The molecule has 2 aromatic carbocycles. The van der Waals surface area contributed by atoms with Crippen LogP contribution in [0.25, 0.3) is 0 Å². The summed E-state index contributed by atoms with van der Waals surface area (Å²) in [6.07, 6.45) is 0.0977. The molecule has 2 aromatic rings. The van der Waals surface area contributed by atoms with Gasteiger partial charge in [-0.05, 0) is 71.9 Å². The summed E-state index contributed by atoms with van der Waals surface area (Å²) >= 11 is 0. The molecule has 0 radical (unpaired) electrons. The van der Waals surface area contributed by atoms with E-state index >= 15 is 0 Å². The Morgan fingerprint density at radius 3 is 2.26 bits per heavy atom. The van der Waals surface area contributed by atoms with Crippen molar-refractivity contribution in [3.63, 3.8) is 0 Å². The molecule has 1 atom stereocenters. The van der Waals surface area contributed by atoms with Gasteiger partial charge in [0.05, 0.1) is 19.8 Å². The summed E-state index contributed by atoms with van der Waals surface area (Å²) in [5, 5.41) is 13.7. The molecule has 0 aliphatic carbocycles. The van der Waals surface area contributed by atoms with Gasteiger partial charge in [-0.15, -0.1) is 0 Å². The van der Waals surface area contributed by atoms with Crippen LogP contribution in [-0.2, 0) is 19.1 Å². The topological polar surface area (TPSA) is 145 Å². The molecular weight excluding hydrogens is 506 g/mol. The molecule has 0 saturated heterocycles. The average molecular weight is 542 g/mol. The first-order valence-corrected chi connectivity index (χ1v) is 12.4. The Labute approximate surface area is 227 Å². The maximum absolute atomic E-state index is 13.1. The predicted octanol–water partition coefficient (Wildman–Crippen LogP) is 4.77. The van der Waals surface area contributed by atoms with Gasteiger partial charge in [-0.2, -0.15) is 0 Å². The van der Waals surface area contributed by atoms with Crippen molar-refractivity contribution < 1.29 is 38.1 Å². The first kappa shape index (κ1) is 30.7. The normalized spacial score (nSPS) is 11.3. The van der Waals surface area contributed by atoms with Crippen molar-refractivity contribution in [2.45, 2.75) is 53.2 Å². The van der Waals surface area contributed by atoms with Gasteiger partial charge in [0.2, 0.25) is 0 Å². The highest BCUT2D eigenvalue weighted by Crippen LogP contribution is 2.41. The smallest absolute Gasteiger partial charge is 0.413 e. The average Bonchev–Trinajstić information content (AvgIpc) is 2.86. The molecule has 3 N–H and O–H groups in total. The van der Waals surface area contributed by atoms with Crippen molar-refractivity contribution in [3.8, 4) is 17.2 Å². The van der Waals surface area contributed by atoms with Gasteiger partial charge in [0.1, 0.15) is 17.2 Å². The predicted molar refractivity (Wildman–Crippen MR) is 145 cm³/mol. The number of amidine groups is 1. The lowest BCUT2D eigenvalue weighted by Crippen LogP contribution is -2.36. The SMILES string of the molecule is CCOC(=O)C(Nc1ccc(C(=N)NC(=O)OC(C)(C)C)cc1)c1cc(OCC)cc(OC=C=O)c1OCC. The molecule has 2 rings (SSSR count). The fraction of sp³-hybridized carbons (Fsp3) is 0.393. The van der Waals surface area contributed by atoms with E-state index in [-0.39, 0.29) is 30.5 Å². The largest absolute Gasteiger partial charge is 0.494 e. The van der Waals surface area contributed by atoms with E-state index in [1.165, 1.54) is 0 Å². The minimum absolute atomic E-state index is 0.135. The van der Waals surface area contributed by atoms with Gasteiger partial charge >= 0.3 is 12.1 Å². The lowest BCUT2D eigenvalue weighted by molar-refractivity contribution is -0.144. The number of amides is 1. The summed E-state index contributed by atoms with van der Waals surface area (Å²) in [6.45, 7) is 11.2. The first-order chi connectivity index (χ1) is 18.5. The van der Waals surface area contributed by atoms with Crippen LogP contribution in [0.15, 0.2) is 42.7 Å². The van der Waals surface area contributed by atoms with Crippen molar-refractivity contribution in [2.24, 2.45) is 0 Å². The molecule has 210 valence electrons. The molecule has 0 aliphatic rings. The fourth-order valence-electron chi connectivity index (χ4n) is 3.40. The maximum Gasteiger partial charge on any atom is 0.413 e. The van der Waals surface area contributed by atoms with Crippen molar-refractivity contribution in [2.75, 3.05) is 25.1 Å². The van der Waals surface area contributed by atoms with Crippen LogP contribution >= 0.6 is 0 Å². The van der Waals surface area contributed by atoms with E-state index in [4.69, 9.17) is 29.1 Å². The third-order valence-electron chi connectivity index (χ3n) is 4.83. The number of anilines is 1. The zero-order valence-electron chi connectivity index (χ0n) is 23.0. The van der Waals surface area contributed by atoms with Crippen LogP contribution in [0.4, 0.5) is 10.5 Å². The van der Waals surface area contributed by atoms with Gasteiger partial charge in [0, 0.05) is 22.9 Å². The van der Waals surface area contributed by atoms with Crippen LogP contribution in [0.3, 0.4) is 0 Å². The van der Waals surface area contributed by atoms with Crippen LogP contribution in [0.1, 0.15) is 58.7 Å². The van der Waals surface area contributed by atoms with E-state index in [1.54, 1.807) is 83.9 Å². The molecule has 11 nitrogen and oxygen atoms in total. The molecule has 39 heavy (non-hydrogen) atoms. The molecule has 0 fully saturated rings. The third kappa shape index (κ3) is 9.39. The lowest BCUT2D eigenvalue weighted by atomic mass is 10.0. The van der Waals surface area contributed by atoms with Crippen LogP contribution in [0.5, 0.6) is 17.2 Å². The molecule has 1 unspecified atom stereocenters. The number of hydrogen-bond donors (Lipinski definition) is 3. The summed E-state index contributed by atoms with van der Waals surface area (Å²) in [6, 6.07) is 8.63. The van der Waals surface area contributed by atoms with E-state index in [9.17, 15) is 14.4 Å². The number of carbonyl (C=O) groups is 2. The second kappa shape index (κ2) is 14.4. The van der Waals surface area contributed by atoms with Gasteiger partial charge in [-0.3, -0.25) is 10.7 Å². The quantitative estimate of drug-likeness (QED) is 0.114. The van der Waals surface area contributed by atoms with Gasteiger partial charge in [0.25, 0.3) is 0 Å². The Hall–Kier alpha value is -4.50. The van der Waals surface area contributed by atoms with Gasteiger partial charge in [-0.25, -0.2) is 14.4 Å². The number of carbonyl (C=O) groups excluding carboxylic acids is 3. The molecule has 0 aliphatic heterocycles. The Morgan fingerprint density at radius 1 is 1.03 bits per heavy atom. The Morgan fingerprint density at radius 2 is 1.69 bits per heavy atom. The number of esters is 1. The lowest BCUT2D eigenvalue weighted by Gasteiger charge is -2.23. The highest BCUT2D eigenvalue weighted by molar-refractivity contribution is 6.04. The Kier molecular flexibility index (Phi) is 11.4. The summed E-state index contributed by atoms with van der Waals surface area (Å²) in [4.78, 5) is 35.9. The maximum atomic E-state index is 13.1. The molecule has 0 spiro atoms. The zero-order chi connectivity index (χ0) is 29.0. The third-order valence-corrected chi connectivity index (χ3v) is 4.83. The van der Waals surface area contributed by atoms with Crippen LogP contribution in [0, 0.1) is 5.41 Å². The second-order valence-corrected chi connectivity index (χ2v) is 8.97. The summed E-state index contributed by atoms with van der Waals surface area (Å²) in [5.41, 5.74) is 0.596. The second-order valence-electron chi connectivity index (χ2n) is 8.97. The molecule has 0 aromatic heterocycles. The molecular formula is C28H35N3O8. The molecule has 1 amide bonds. The summed E-state index contributed by atoms with van der Waals surface area (Å²) in [7, 11) is 0. The van der Waals surface area contributed by atoms with E-state index in [0.29, 0.717) is 29.2 Å². The van der Waals surface area contributed by atoms with Crippen molar-refractivity contribution >= 4 is 29.5 Å². The number of nitrogens with one attached hydrogen (secondary N) is 3. The van der Waals surface area contributed by atoms with Crippen LogP contribution in [0.2, 0.25) is 0 Å². The summed E-state index contributed by atoms with van der Waals surface area (Å²) < 4.78 is 27.4. The molecule has 11 heteroatoms. The van der Waals surface area contributed by atoms with Crippen molar-refractivity contribution in [1.29, 1.82) is 5.41 Å². The Bertz CT molecular complexity index is 1200. The van der Waals surface area contributed by atoms with Gasteiger partial charge in [0.15, 0.2) is 29.7 Å². The summed E-state index contributed by atoms with van der Waals surface area (Å²) in [5.74, 6) is 1.58. The first-order valence-electron chi connectivity index (χ1n) is 12.4. The minimum atomic E-state index is -1.06. The number of rotatable bonds is 12. The van der Waals surface area contributed by atoms with E-state index < -0.39 is 23.7 Å². The van der Waals surface area contributed by atoms with Gasteiger partial charge < -0.3 is 29.0 Å². The number of benzene rings is 2. The number of alkyl carbamates (subject to hydrolysis) is 1. The highest BCUT2D eigenvalue weighted by atomic mass is 16.6. The number of hydrogen-bond acceptors (Lipinski definition) is 10. The minimum Gasteiger partial charge on any atom is -0.494 e. The van der Waals surface area contributed by atoms with E-state index in [1.807, 2.05) is 0 Å². The monoisotopic (exact) mass is 541 g/mol. The van der Waals surface area contributed by atoms with Crippen molar-refractivity contribution in [1.82, 2.24) is 5.32 Å². The van der Waals surface area contributed by atoms with E-state index in [0.717, 1.165) is 6.26 Å².